The molecule has 0 spiro atoms. The van der Waals surface area contributed by atoms with Crippen molar-refractivity contribution in [2.24, 2.45) is 0 Å². The Morgan fingerprint density at radius 1 is 1.41 bits per heavy atom. The third-order valence-corrected chi connectivity index (χ3v) is 3.57. The van der Waals surface area contributed by atoms with Crippen LogP contribution in [0.3, 0.4) is 0 Å². The lowest BCUT2D eigenvalue weighted by Gasteiger charge is -1.96. The third kappa shape index (κ3) is 3.19. The van der Waals surface area contributed by atoms with Crippen molar-refractivity contribution >= 4 is 40.3 Å². The molecule has 0 saturated carbocycles. The summed E-state index contributed by atoms with van der Waals surface area (Å²) in [5, 5.41) is 16.5. The topological polar surface area (TPSA) is 76.2 Å². The first-order chi connectivity index (χ1) is 8.16. The minimum absolute atomic E-state index is 0.0898. The van der Waals surface area contributed by atoms with Crippen molar-refractivity contribution in [1.82, 2.24) is 10.2 Å². The number of carboxylic acids is 1. The fourth-order valence-corrected chi connectivity index (χ4v) is 2.24. The van der Waals surface area contributed by atoms with Crippen LogP contribution in [0, 0.1) is 3.57 Å². The van der Waals surface area contributed by atoms with Gasteiger partial charge >= 0.3 is 5.97 Å². The summed E-state index contributed by atoms with van der Waals surface area (Å²) in [6, 6.07) is 7.61. The van der Waals surface area contributed by atoms with Gasteiger partial charge in [0.2, 0.25) is 5.89 Å². The first kappa shape index (κ1) is 12.4. The van der Waals surface area contributed by atoms with Crippen LogP contribution in [0.1, 0.15) is 0 Å². The van der Waals surface area contributed by atoms with E-state index in [1.807, 2.05) is 24.3 Å². The van der Waals surface area contributed by atoms with Gasteiger partial charge < -0.3 is 9.52 Å². The molecule has 0 bridgehead atoms. The van der Waals surface area contributed by atoms with E-state index < -0.39 is 5.97 Å². The molecule has 88 valence electrons. The van der Waals surface area contributed by atoms with Crippen LogP contribution in [-0.2, 0) is 4.79 Å². The summed E-state index contributed by atoms with van der Waals surface area (Å²) in [5.41, 5.74) is 0.850. The number of hydrogen-bond acceptors (Lipinski definition) is 5. The van der Waals surface area contributed by atoms with Crippen molar-refractivity contribution in [3.63, 3.8) is 0 Å². The van der Waals surface area contributed by atoms with E-state index in [9.17, 15) is 4.79 Å². The van der Waals surface area contributed by atoms with Gasteiger partial charge in [-0.3, -0.25) is 4.79 Å². The second-order valence-electron chi connectivity index (χ2n) is 3.04. The molecule has 2 rings (SSSR count). The number of hydrogen-bond donors (Lipinski definition) is 1. The Morgan fingerprint density at radius 3 is 2.88 bits per heavy atom. The maximum absolute atomic E-state index is 10.4. The van der Waals surface area contributed by atoms with Crippen molar-refractivity contribution in [3.8, 4) is 11.5 Å². The fourth-order valence-electron chi connectivity index (χ4n) is 1.14. The Balaban J connectivity index is 2.18. The lowest BCUT2D eigenvalue weighted by Crippen LogP contribution is -1.97. The van der Waals surface area contributed by atoms with Gasteiger partial charge in [-0.05, 0) is 34.7 Å². The molecular weight excluding hydrogens is 355 g/mol. The third-order valence-electron chi connectivity index (χ3n) is 1.83. The zero-order valence-corrected chi connectivity index (χ0v) is 11.4. The van der Waals surface area contributed by atoms with Crippen LogP contribution in [0.25, 0.3) is 11.5 Å². The maximum Gasteiger partial charge on any atom is 0.314 e. The summed E-state index contributed by atoms with van der Waals surface area (Å²) in [4.78, 5) is 10.4. The average Bonchev–Trinajstić information content (AvgIpc) is 2.75. The highest BCUT2D eigenvalue weighted by atomic mass is 127. The van der Waals surface area contributed by atoms with E-state index >= 15 is 0 Å². The number of halogens is 1. The van der Waals surface area contributed by atoms with Crippen LogP contribution in [0.4, 0.5) is 0 Å². The predicted octanol–water partition coefficient (Wildman–Crippen LogP) is 2.52. The van der Waals surface area contributed by atoms with Gasteiger partial charge in [0.15, 0.2) is 0 Å². The smallest absolute Gasteiger partial charge is 0.314 e. The Morgan fingerprint density at radius 2 is 2.18 bits per heavy atom. The minimum Gasteiger partial charge on any atom is -0.481 e. The number of rotatable bonds is 4. The Kier molecular flexibility index (Phi) is 4.00. The number of aliphatic carboxylic acids is 1. The highest BCUT2D eigenvalue weighted by molar-refractivity contribution is 14.1. The number of aromatic nitrogens is 2. The summed E-state index contributed by atoms with van der Waals surface area (Å²) >= 11 is 3.18. The predicted molar refractivity (Wildman–Crippen MR) is 70.8 cm³/mol. The normalized spacial score (nSPS) is 10.4. The molecule has 5 nitrogen and oxygen atoms in total. The monoisotopic (exact) mass is 362 g/mol. The molecule has 7 heteroatoms. The average molecular weight is 362 g/mol. The first-order valence-corrected chi connectivity index (χ1v) is 6.66. The van der Waals surface area contributed by atoms with Crippen molar-refractivity contribution in [1.29, 1.82) is 0 Å². The van der Waals surface area contributed by atoms with Gasteiger partial charge in [0.05, 0.1) is 5.56 Å². The van der Waals surface area contributed by atoms with E-state index in [4.69, 9.17) is 9.52 Å². The largest absolute Gasteiger partial charge is 0.481 e. The molecule has 0 unspecified atom stereocenters. The number of benzene rings is 1. The molecule has 0 fully saturated rings. The number of carboxylic acid groups (broad SMARTS) is 1. The molecule has 1 heterocycles. The lowest BCUT2D eigenvalue weighted by atomic mass is 10.2. The second-order valence-corrected chi connectivity index (χ2v) is 5.12. The zero-order valence-electron chi connectivity index (χ0n) is 8.46. The van der Waals surface area contributed by atoms with Gasteiger partial charge in [-0.15, -0.1) is 10.2 Å². The quantitative estimate of drug-likeness (QED) is 0.666. The van der Waals surface area contributed by atoms with Crippen molar-refractivity contribution < 1.29 is 14.3 Å². The van der Waals surface area contributed by atoms with Crippen LogP contribution < -0.4 is 0 Å². The van der Waals surface area contributed by atoms with E-state index in [1.54, 1.807) is 0 Å². The molecule has 0 aliphatic carbocycles. The van der Waals surface area contributed by atoms with Gasteiger partial charge in [-0.2, -0.15) is 0 Å². The van der Waals surface area contributed by atoms with Gasteiger partial charge in [-0.1, -0.05) is 23.9 Å². The van der Waals surface area contributed by atoms with Crippen molar-refractivity contribution in [2.45, 2.75) is 5.22 Å². The molecular formula is C10H7IN2O3S. The Hall–Kier alpha value is -1.09. The van der Waals surface area contributed by atoms with Crippen LogP contribution >= 0.6 is 34.4 Å². The minimum atomic E-state index is -0.913. The SMILES string of the molecule is O=C(O)CSc1nnc(-c2ccccc2I)o1. The lowest BCUT2D eigenvalue weighted by molar-refractivity contribution is -0.133. The highest BCUT2D eigenvalue weighted by Gasteiger charge is 2.12. The molecule has 1 N–H and O–H groups in total. The number of thioether (sulfide) groups is 1. The molecule has 0 saturated heterocycles. The molecule has 2 aromatic rings. The molecule has 1 aromatic carbocycles. The molecule has 1 aromatic heterocycles. The zero-order chi connectivity index (χ0) is 12.3. The van der Waals surface area contributed by atoms with E-state index in [-0.39, 0.29) is 11.0 Å². The standard InChI is InChI=1S/C10H7IN2O3S/c11-7-4-2-1-3-6(7)9-12-13-10(16-9)17-5-8(14)15/h1-4H,5H2,(H,14,15). The number of nitrogens with zero attached hydrogens (tertiary/aromatic N) is 2. The van der Waals surface area contributed by atoms with E-state index in [2.05, 4.69) is 32.8 Å². The second kappa shape index (κ2) is 5.50. The Bertz CT molecular complexity index is 544. The molecule has 0 aliphatic rings. The van der Waals surface area contributed by atoms with Gasteiger partial charge in [0.1, 0.15) is 5.75 Å². The summed E-state index contributed by atoms with van der Waals surface area (Å²) in [6.45, 7) is 0. The highest BCUT2D eigenvalue weighted by Crippen LogP contribution is 2.26. The summed E-state index contributed by atoms with van der Waals surface area (Å²) in [5.74, 6) is -0.597. The molecule has 0 radical (unpaired) electrons. The molecule has 17 heavy (non-hydrogen) atoms. The van der Waals surface area contributed by atoms with E-state index in [0.717, 1.165) is 20.9 Å². The van der Waals surface area contributed by atoms with Crippen LogP contribution in [0.2, 0.25) is 0 Å². The molecule has 0 atom stereocenters. The number of carbonyl (C=O) groups is 1. The van der Waals surface area contributed by atoms with Crippen LogP contribution in [0.5, 0.6) is 0 Å². The van der Waals surface area contributed by atoms with Crippen molar-refractivity contribution in [2.75, 3.05) is 5.75 Å². The van der Waals surface area contributed by atoms with E-state index in [1.165, 1.54) is 0 Å². The van der Waals surface area contributed by atoms with Crippen LogP contribution in [-0.4, -0.2) is 27.0 Å². The van der Waals surface area contributed by atoms with E-state index in [0.29, 0.717) is 5.89 Å². The summed E-state index contributed by atoms with van der Waals surface area (Å²) in [6.07, 6.45) is 0. The fraction of sp³-hybridized carbons (Fsp3) is 0.100. The van der Waals surface area contributed by atoms with Gasteiger partial charge in [0.25, 0.3) is 5.22 Å². The van der Waals surface area contributed by atoms with Gasteiger partial charge in [-0.25, -0.2) is 0 Å². The Labute approximate surface area is 115 Å². The summed E-state index contributed by atoms with van der Waals surface area (Å²) < 4.78 is 6.38. The van der Waals surface area contributed by atoms with Crippen molar-refractivity contribution in [3.05, 3.63) is 27.8 Å². The first-order valence-electron chi connectivity index (χ1n) is 4.60. The van der Waals surface area contributed by atoms with Gasteiger partial charge in [0, 0.05) is 3.57 Å². The summed E-state index contributed by atoms with van der Waals surface area (Å²) in [7, 11) is 0. The molecule has 0 aliphatic heterocycles. The van der Waals surface area contributed by atoms with Crippen LogP contribution in [0.15, 0.2) is 33.9 Å². The maximum atomic E-state index is 10.4. The molecule has 0 amide bonds.